The van der Waals surface area contributed by atoms with Crippen LogP contribution < -0.4 is 10.5 Å². The number of rotatable bonds is 8. The van der Waals surface area contributed by atoms with Gasteiger partial charge in [0.15, 0.2) is 0 Å². The second-order valence-corrected chi connectivity index (χ2v) is 4.73. The third-order valence-electron chi connectivity index (χ3n) is 2.82. The van der Waals surface area contributed by atoms with Crippen molar-refractivity contribution < 1.29 is 14.3 Å². The molecule has 0 radical (unpaired) electrons. The maximum absolute atomic E-state index is 12.5. The molecule has 0 spiro atoms. The summed E-state index contributed by atoms with van der Waals surface area (Å²) < 4.78 is 10.2. The molecule has 6 heteroatoms. The van der Waals surface area contributed by atoms with E-state index in [1.54, 1.807) is 37.3 Å². The Labute approximate surface area is 124 Å². The largest absolute Gasteiger partial charge is 0.496 e. The van der Waals surface area contributed by atoms with Crippen LogP contribution in [0.1, 0.15) is 16.8 Å². The number of amides is 1. The van der Waals surface area contributed by atoms with Crippen LogP contribution in [0.2, 0.25) is 0 Å². The Bertz CT molecular complexity index is 465. The molecule has 0 atom stereocenters. The van der Waals surface area contributed by atoms with Crippen molar-refractivity contribution in [2.75, 3.05) is 33.9 Å². The lowest BCUT2D eigenvalue weighted by molar-refractivity contribution is 0.0698. The highest BCUT2D eigenvalue weighted by molar-refractivity contribution is 7.80. The van der Waals surface area contributed by atoms with E-state index in [4.69, 9.17) is 27.4 Å². The predicted molar refractivity (Wildman–Crippen MR) is 82.2 cm³/mol. The Kier molecular flexibility index (Phi) is 6.97. The topological polar surface area (TPSA) is 64.8 Å². The van der Waals surface area contributed by atoms with Crippen LogP contribution in [0.4, 0.5) is 0 Å². The van der Waals surface area contributed by atoms with Crippen molar-refractivity contribution >= 4 is 23.1 Å². The van der Waals surface area contributed by atoms with E-state index in [9.17, 15) is 4.79 Å². The normalized spacial score (nSPS) is 10.1. The van der Waals surface area contributed by atoms with E-state index in [1.807, 2.05) is 6.07 Å². The van der Waals surface area contributed by atoms with Crippen LogP contribution in [0, 0.1) is 0 Å². The summed E-state index contributed by atoms with van der Waals surface area (Å²) in [6.07, 6.45) is 0.486. The molecule has 0 saturated heterocycles. The zero-order valence-electron chi connectivity index (χ0n) is 11.8. The van der Waals surface area contributed by atoms with Crippen molar-refractivity contribution in [1.29, 1.82) is 0 Å². The first-order chi connectivity index (χ1) is 9.60. The van der Waals surface area contributed by atoms with E-state index in [0.29, 0.717) is 42.4 Å². The smallest absolute Gasteiger partial charge is 0.257 e. The third-order valence-corrected chi connectivity index (χ3v) is 3.02. The van der Waals surface area contributed by atoms with Crippen LogP contribution in [-0.2, 0) is 4.74 Å². The molecule has 0 unspecified atom stereocenters. The molecule has 0 aliphatic rings. The van der Waals surface area contributed by atoms with Crippen LogP contribution in [0.25, 0.3) is 0 Å². The van der Waals surface area contributed by atoms with Crippen LogP contribution in [0.5, 0.6) is 5.75 Å². The van der Waals surface area contributed by atoms with Gasteiger partial charge >= 0.3 is 0 Å². The molecule has 1 aromatic rings. The number of ether oxygens (including phenoxy) is 2. The molecule has 20 heavy (non-hydrogen) atoms. The van der Waals surface area contributed by atoms with Gasteiger partial charge in [0, 0.05) is 26.6 Å². The number of methoxy groups -OCH3 is 2. The first kappa shape index (κ1) is 16.4. The highest BCUT2D eigenvalue weighted by Crippen LogP contribution is 2.19. The lowest BCUT2D eigenvalue weighted by Gasteiger charge is -2.23. The van der Waals surface area contributed by atoms with Gasteiger partial charge in [-0.05, 0) is 12.1 Å². The summed E-state index contributed by atoms with van der Waals surface area (Å²) in [5.41, 5.74) is 6.02. The quantitative estimate of drug-likeness (QED) is 0.736. The van der Waals surface area contributed by atoms with Gasteiger partial charge in [-0.15, -0.1) is 0 Å². The third kappa shape index (κ3) is 4.79. The zero-order chi connectivity index (χ0) is 15.0. The number of nitrogens with zero attached hydrogens (tertiary/aromatic N) is 1. The molecule has 0 fully saturated rings. The highest BCUT2D eigenvalue weighted by atomic mass is 32.1. The number of thiocarbonyl (C=S) groups is 1. The summed E-state index contributed by atoms with van der Waals surface area (Å²) in [6.45, 7) is 1.41. The first-order valence-corrected chi connectivity index (χ1v) is 6.70. The van der Waals surface area contributed by atoms with E-state index in [2.05, 4.69) is 0 Å². The minimum Gasteiger partial charge on any atom is -0.496 e. The van der Waals surface area contributed by atoms with E-state index in [-0.39, 0.29) is 5.91 Å². The predicted octanol–water partition coefficient (Wildman–Crippen LogP) is 1.46. The molecule has 0 aromatic heterocycles. The molecule has 2 N–H and O–H groups in total. The monoisotopic (exact) mass is 296 g/mol. The van der Waals surface area contributed by atoms with Gasteiger partial charge in [-0.3, -0.25) is 4.79 Å². The van der Waals surface area contributed by atoms with Crippen molar-refractivity contribution in [2.24, 2.45) is 5.73 Å². The Morgan fingerprint density at radius 3 is 2.60 bits per heavy atom. The summed E-state index contributed by atoms with van der Waals surface area (Å²) in [4.78, 5) is 14.6. The number of hydrogen-bond acceptors (Lipinski definition) is 4. The SMILES string of the molecule is COCCN(CCC(N)=S)C(=O)c1ccccc1OC. The maximum atomic E-state index is 12.5. The first-order valence-electron chi connectivity index (χ1n) is 6.29. The van der Waals surface area contributed by atoms with Crippen molar-refractivity contribution in [3.63, 3.8) is 0 Å². The minimum atomic E-state index is -0.115. The summed E-state index contributed by atoms with van der Waals surface area (Å²) in [5.74, 6) is 0.436. The van der Waals surface area contributed by atoms with Gasteiger partial charge < -0.3 is 20.1 Å². The molecule has 0 heterocycles. The highest BCUT2D eigenvalue weighted by Gasteiger charge is 2.19. The number of nitrogens with two attached hydrogens (primary N) is 1. The second kappa shape index (κ2) is 8.50. The molecule has 110 valence electrons. The summed E-state index contributed by atoms with van der Waals surface area (Å²) >= 11 is 4.86. The molecule has 0 saturated carbocycles. The second-order valence-electron chi connectivity index (χ2n) is 4.20. The standard InChI is InChI=1S/C14H20N2O3S/c1-18-10-9-16(8-7-13(15)20)14(17)11-5-3-4-6-12(11)19-2/h3-6H,7-10H2,1-2H3,(H2,15,20). The van der Waals surface area contributed by atoms with E-state index >= 15 is 0 Å². The fraction of sp³-hybridized carbons (Fsp3) is 0.429. The van der Waals surface area contributed by atoms with Crippen molar-refractivity contribution in [2.45, 2.75) is 6.42 Å². The van der Waals surface area contributed by atoms with Gasteiger partial charge in [0.25, 0.3) is 5.91 Å². The molecule has 0 bridgehead atoms. The van der Waals surface area contributed by atoms with Crippen molar-refractivity contribution in [3.8, 4) is 5.75 Å². The average Bonchev–Trinajstić information content (AvgIpc) is 2.46. The van der Waals surface area contributed by atoms with Gasteiger partial charge in [-0.1, -0.05) is 24.4 Å². The molecule has 1 rings (SSSR count). The Balaban J connectivity index is 2.87. The fourth-order valence-electron chi connectivity index (χ4n) is 1.75. The van der Waals surface area contributed by atoms with Crippen molar-refractivity contribution in [3.05, 3.63) is 29.8 Å². The van der Waals surface area contributed by atoms with Crippen LogP contribution in [0.15, 0.2) is 24.3 Å². The van der Waals surface area contributed by atoms with Gasteiger partial charge in [0.1, 0.15) is 5.75 Å². The summed E-state index contributed by atoms with van der Waals surface area (Å²) in [5, 5.41) is 0. The molecular formula is C14H20N2O3S. The van der Waals surface area contributed by atoms with Gasteiger partial charge in [-0.2, -0.15) is 0 Å². The number of carbonyl (C=O) groups excluding carboxylic acids is 1. The maximum Gasteiger partial charge on any atom is 0.257 e. The number of carbonyl (C=O) groups is 1. The van der Waals surface area contributed by atoms with E-state index in [1.165, 1.54) is 0 Å². The molecule has 0 aliphatic carbocycles. The molecule has 1 aromatic carbocycles. The van der Waals surface area contributed by atoms with Crippen LogP contribution in [-0.4, -0.2) is 49.7 Å². The molecule has 1 amide bonds. The van der Waals surface area contributed by atoms with Gasteiger partial charge in [0.05, 0.1) is 24.3 Å². The number of benzene rings is 1. The van der Waals surface area contributed by atoms with Gasteiger partial charge in [0.2, 0.25) is 0 Å². The Morgan fingerprint density at radius 1 is 1.30 bits per heavy atom. The summed E-state index contributed by atoms with van der Waals surface area (Å²) in [6, 6.07) is 7.12. The van der Waals surface area contributed by atoms with E-state index < -0.39 is 0 Å². The van der Waals surface area contributed by atoms with E-state index in [0.717, 1.165) is 0 Å². The molecule has 0 aliphatic heterocycles. The van der Waals surface area contributed by atoms with Gasteiger partial charge in [-0.25, -0.2) is 0 Å². The van der Waals surface area contributed by atoms with Crippen molar-refractivity contribution in [1.82, 2.24) is 4.90 Å². The zero-order valence-corrected chi connectivity index (χ0v) is 12.6. The Hall–Kier alpha value is -1.66. The summed E-state index contributed by atoms with van der Waals surface area (Å²) in [7, 11) is 3.14. The lowest BCUT2D eigenvalue weighted by Crippen LogP contribution is -2.36. The minimum absolute atomic E-state index is 0.115. The Morgan fingerprint density at radius 2 is 2.00 bits per heavy atom. The number of para-hydroxylation sites is 1. The molecular weight excluding hydrogens is 276 g/mol. The van der Waals surface area contributed by atoms with Crippen LogP contribution >= 0.6 is 12.2 Å². The lowest BCUT2D eigenvalue weighted by atomic mass is 10.1. The fourth-order valence-corrected chi connectivity index (χ4v) is 1.84. The average molecular weight is 296 g/mol. The number of hydrogen-bond donors (Lipinski definition) is 1. The van der Waals surface area contributed by atoms with Crippen LogP contribution in [0.3, 0.4) is 0 Å². The molecule has 5 nitrogen and oxygen atoms in total.